The van der Waals surface area contributed by atoms with E-state index in [4.69, 9.17) is 21.2 Å². The van der Waals surface area contributed by atoms with E-state index in [-0.39, 0.29) is 21.2 Å². The van der Waals surface area contributed by atoms with E-state index in [2.05, 4.69) is 15.6 Å². The average Bonchev–Trinajstić information content (AvgIpc) is 3.36. The first kappa shape index (κ1) is 26.0. The number of hydrogen-bond donors (Lipinski definition) is 2. The molecule has 3 aromatic carbocycles. The van der Waals surface area contributed by atoms with E-state index in [1.807, 2.05) is 31.2 Å². The fraction of sp³-hybridized carbons (Fsp3) is 0.0370. The number of aryl methyl sites for hydroxylation is 1. The van der Waals surface area contributed by atoms with Crippen LogP contribution in [0.25, 0.3) is 27.9 Å². The molecule has 0 atom stereocenters. The van der Waals surface area contributed by atoms with Crippen LogP contribution in [0.1, 0.15) is 21.6 Å². The number of para-hydroxylation sites is 1. The number of benzene rings is 3. The topological polar surface area (TPSA) is 150 Å². The van der Waals surface area contributed by atoms with E-state index in [1.165, 1.54) is 28.9 Å². The fourth-order valence-electron chi connectivity index (χ4n) is 3.84. The van der Waals surface area contributed by atoms with Gasteiger partial charge in [-0.05, 0) is 49.4 Å². The standard InChI is InChI=1S/C27H20ClN5O5S/c1-16-6-8-17(9-7-16)23-14-22(32-33(23)18-10-12-19(13-11-18)39(29,36)37)26(34)31-30-15-21-25(28)20-4-2-3-5-24(20)38-27(21)35/h2-15H,1H3,(H,31,34)(H2,29,36,37)/b30-15+. The summed E-state index contributed by atoms with van der Waals surface area (Å²) >= 11 is 6.36. The summed E-state index contributed by atoms with van der Waals surface area (Å²) in [6.45, 7) is 1.95. The summed E-state index contributed by atoms with van der Waals surface area (Å²) < 4.78 is 30.1. The summed E-state index contributed by atoms with van der Waals surface area (Å²) in [7, 11) is -3.88. The number of primary sulfonamides is 1. The normalized spacial score (nSPS) is 11.8. The third-order valence-electron chi connectivity index (χ3n) is 5.84. The van der Waals surface area contributed by atoms with Crippen LogP contribution in [0.2, 0.25) is 5.02 Å². The monoisotopic (exact) mass is 561 g/mol. The molecule has 0 saturated carbocycles. The molecule has 5 aromatic rings. The Morgan fingerprint density at radius 2 is 1.77 bits per heavy atom. The largest absolute Gasteiger partial charge is 0.422 e. The Morgan fingerprint density at radius 1 is 1.08 bits per heavy atom. The second-order valence-corrected chi connectivity index (χ2v) is 10.5. The molecule has 196 valence electrons. The van der Waals surface area contributed by atoms with Gasteiger partial charge in [-0.1, -0.05) is 53.6 Å². The van der Waals surface area contributed by atoms with Crippen molar-refractivity contribution < 1.29 is 17.6 Å². The van der Waals surface area contributed by atoms with E-state index >= 15 is 0 Å². The summed E-state index contributed by atoms with van der Waals surface area (Å²) in [4.78, 5) is 25.3. The SMILES string of the molecule is Cc1ccc(-c2cc(C(=O)N/N=C/c3c(Cl)c4ccccc4oc3=O)nn2-c2ccc(S(N)(=O)=O)cc2)cc1. The maximum atomic E-state index is 13.0. The predicted octanol–water partition coefficient (Wildman–Crippen LogP) is 4.02. The van der Waals surface area contributed by atoms with Gasteiger partial charge in [0.2, 0.25) is 10.0 Å². The van der Waals surface area contributed by atoms with Crippen LogP contribution in [0.5, 0.6) is 0 Å². The number of nitrogens with one attached hydrogen (secondary N) is 1. The van der Waals surface area contributed by atoms with Gasteiger partial charge in [0.25, 0.3) is 5.91 Å². The van der Waals surface area contributed by atoms with Crippen LogP contribution >= 0.6 is 11.6 Å². The van der Waals surface area contributed by atoms with Crippen LogP contribution in [0.4, 0.5) is 0 Å². The Hall–Kier alpha value is -4.58. The molecule has 0 radical (unpaired) electrons. The molecular formula is C27H20ClN5O5S. The lowest BCUT2D eigenvalue weighted by molar-refractivity contribution is 0.0949. The molecule has 0 aliphatic rings. The number of halogens is 1. The highest BCUT2D eigenvalue weighted by Gasteiger charge is 2.18. The number of rotatable bonds is 6. The summed E-state index contributed by atoms with van der Waals surface area (Å²) in [6, 6.07) is 21.7. The number of nitrogens with two attached hydrogens (primary N) is 1. The van der Waals surface area contributed by atoms with Crippen molar-refractivity contribution in [3.63, 3.8) is 0 Å². The molecule has 39 heavy (non-hydrogen) atoms. The van der Waals surface area contributed by atoms with Crippen molar-refractivity contribution in [1.82, 2.24) is 15.2 Å². The van der Waals surface area contributed by atoms with Gasteiger partial charge in [0, 0.05) is 10.9 Å². The second-order valence-electron chi connectivity index (χ2n) is 8.54. The van der Waals surface area contributed by atoms with Crippen LogP contribution in [-0.4, -0.2) is 30.3 Å². The van der Waals surface area contributed by atoms with E-state index < -0.39 is 21.6 Å². The molecule has 0 unspecified atom stereocenters. The Labute approximate surface area is 227 Å². The van der Waals surface area contributed by atoms with Crippen molar-refractivity contribution in [1.29, 1.82) is 0 Å². The zero-order valence-electron chi connectivity index (χ0n) is 20.3. The minimum absolute atomic E-state index is 0.0171. The molecular weight excluding hydrogens is 542 g/mol. The number of nitrogens with zero attached hydrogens (tertiary/aromatic N) is 3. The van der Waals surface area contributed by atoms with Crippen molar-refractivity contribution >= 4 is 44.7 Å². The smallest absolute Gasteiger partial charge is 0.346 e. The molecule has 0 fully saturated rings. The zero-order valence-corrected chi connectivity index (χ0v) is 21.9. The van der Waals surface area contributed by atoms with Gasteiger partial charge in [0.15, 0.2) is 5.69 Å². The van der Waals surface area contributed by atoms with Gasteiger partial charge in [-0.3, -0.25) is 4.79 Å². The van der Waals surface area contributed by atoms with Gasteiger partial charge in [-0.25, -0.2) is 28.5 Å². The van der Waals surface area contributed by atoms with E-state index in [0.717, 1.165) is 17.3 Å². The van der Waals surface area contributed by atoms with Crippen LogP contribution in [-0.2, 0) is 10.0 Å². The highest BCUT2D eigenvalue weighted by Crippen LogP contribution is 2.26. The Morgan fingerprint density at radius 3 is 2.46 bits per heavy atom. The van der Waals surface area contributed by atoms with Crippen molar-refractivity contribution in [2.45, 2.75) is 11.8 Å². The first-order chi connectivity index (χ1) is 18.6. The molecule has 0 saturated heterocycles. The molecule has 10 nitrogen and oxygen atoms in total. The average molecular weight is 562 g/mol. The molecule has 2 aromatic heterocycles. The van der Waals surface area contributed by atoms with Crippen molar-refractivity contribution in [3.05, 3.63) is 111 Å². The van der Waals surface area contributed by atoms with Gasteiger partial charge in [-0.2, -0.15) is 10.2 Å². The van der Waals surface area contributed by atoms with Gasteiger partial charge in [-0.15, -0.1) is 0 Å². The van der Waals surface area contributed by atoms with Crippen LogP contribution < -0.4 is 16.2 Å². The lowest BCUT2D eigenvalue weighted by Gasteiger charge is -2.08. The number of carbonyl (C=O) groups is 1. The number of carbonyl (C=O) groups excluding carboxylic acids is 1. The lowest BCUT2D eigenvalue weighted by atomic mass is 10.1. The first-order valence-corrected chi connectivity index (χ1v) is 13.4. The fourth-order valence-corrected chi connectivity index (χ4v) is 4.64. The maximum absolute atomic E-state index is 13.0. The number of sulfonamides is 1. The van der Waals surface area contributed by atoms with Crippen molar-refractivity contribution in [3.8, 4) is 16.9 Å². The molecule has 5 rings (SSSR count). The number of hydrogen-bond acceptors (Lipinski definition) is 7. The minimum atomic E-state index is -3.88. The number of amides is 1. The van der Waals surface area contributed by atoms with Gasteiger partial charge < -0.3 is 4.42 Å². The molecule has 0 aliphatic heterocycles. The number of hydrazone groups is 1. The third kappa shape index (κ3) is 5.36. The molecule has 0 bridgehead atoms. The summed E-state index contributed by atoms with van der Waals surface area (Å²) in [5.74, 6) is -0.652. The van der Waals surface area contributed by atoms with Gasteiger partial charge in [0.05, 0.1) is 33.1 Å². The second kappa shape index (κ2) is 10.3. The number of fused-ring (bicyclic) bond motifs is 1. The third-order valence-corrected chi connectivity index (χ3v) is 7.18. The Kier molecular flexibility index (Phi) is 6.87. The maximum Gasteiger partial charge on any atom is 0.346 e. The number of aromatic nitrogens is 2. The summed E-state index contributed by atoms with van der Waals surface area (Å²) in [5.41, 5.74) is 4.88. The molecule has 2 heterocycles. The predicted molar refractivity (Wildman–Crippen MR) is 148 cm³/mol. The minimum Gasteiger partial charge on any atom is -0.422 e. The lowest BCUT2D eigenvalue weighted by Crippen LogP contribution is -2.19. The van der Waals surface area contributed by atoms with Crippen molar-refractivity contribution in [2.75, 3.05) is 0 Å². The molecule has 1 amide bonds. The molecule has 0 aliphatic carbocycles. The summed E-state index contributed by atoms with van der Waals surface area (Å²) in [6.07, 6.45) is 1.11. The quantitative estimate of drug-likeness (QED) is 0.182. The van der Waals surface area contributed by atoms with Gasteiger partial charge >= 0.3 is 5.63 Å². The van der Waals surface area contributed by atoms with Gasteiger partial charge in [0.1, 0.15) is 5.58 Å². The molecule has 12 heteroatoms. The van der Waals surface area contributed by atoms with Crippen LogP contribution in [0.3, 0.4) is 0 Å². The van der Waals surface area contributed by atoms with Crippen molar-refractivity contribution in [2.24, 2.45) is 10.2 Å². The first-order valence-electron chi connectivity index (χ1n) is 11.5. The van der Waals surface area contributed by atoms with E-state index in [1.54, 1.807) is 30.3 Å². The zero-order chi connectivity index (χ0) is 27.7. The Bertz CT molecular complexity index is 1910. The highest BCUT2D eigenvalue weighted by atomic mass is 35.5. The van der Waals surface area contributed by atoms with E-state index in [0.29, 0.717) is 22.4 Å². The summed E-state index contributed by atoms with van der Waals surface area (Å²) in [5, 5.41) is 14.2. The van der Waals surface area contributed by atoms with Crippen LogP contribution in [0, 0.1) is 6.92 Å². The molecule has 3 N–H and O–H groups in total. The highest BCUT2D eigenvalue weighted by molar-refractivity contribution is 7.89. The van der Waals surface area contributed by atoms with E-state index in [9.17, 15) is 18.0 Å². The molecule has 0 spiro atoms. The Balaban J connectivity index is 1.47. The van der Waals surface area contributed by atoms with Crippen LogP contribution in [0.15, 0.2) is 98.1 Å².